The van der Waals surface area contributed by atoms with Crippen molar-refractivity contribution in [2.45, 2.75) is 13.8 Å². The number of ether oxygens (including phenoxy) is 2. The van der Waals surface area contributed by atoms with Crippen molar-refractivity contribution in [3.63, 3.8) is 0 Å². The highest BCUT2D eigenvalue weighted by Gasteiger charge is 2.19. The zero-order valence-corrected chi connectivity index (χ0v) is 14.3. The van der Waals surface area contributed by atoms with Gasteiger partial charge in [0.05, 0.1) is 13.7 Å². The van der Waals surface area contributed by atoms with Gasteiger partial charge in [-0.05, 0) is 43.5 Å². The van der Waals surface area contributed by atoms with Gasteiger partial charge in [-0.2, -0.15) is 0 Å². The molecule has 0 saturated carbocycles. The fourth-order valence-corrected chi connectivity index (χ4v) is 2.80. The molecule has 0 spiro atoms. The molecule has 0 aromatic carbocycles. The van der Waals surface area contributed by atoms with Gasteiger partial charge in [0.1, 0.15) is 22.0 Å². The smallest absolute Gasteiger partial charge is 0.348 e. The maximum atomic E-state index is 11.8. The predicted molar refractivity (Wildman–Crippen MR) is 88.7 cm³/mol. The maximum absolute atomic E-state index is 11.8. The molecule has 0 fully saturated rings. The van der Waals surface area contributed by atoms with E-state index in [2.05, 4.69) is 0 Å². The lowest BCUT2D eigenvalue weighted by Crippen LogP contribution is -2.13. The highest BCUT2D eigenvalue weighted by Crippen LogP contribution is 2.31. The second kappa shape index (κ2) is 7.74. The number of hydrogen-bond acceptors (Lipinski definition) is 7. The number of esters is 2. The molecular weight excluding hydrogens is 332 g/mol. The van der Waals surface area contributed by atoms with Crippen molar-refractivity contribution in [1.82, 2.24) is 0 Å². The topological polar surface area (TPSA) is 82.8 Å². The lowest BCUT2D eigenvalue weighted by Gasteiger charge is -2.02. The van der Waals surface area contributed by atoms with Crippen molar-refractivity contribution < 1.29 is 28.3 Å². The van der Waals surface area contributed by atoms with Crippen LogP contribution in [0.5, 0.6) is 0 Å². The number of carbonyl (C=O) groups is 3. The van der Waals surface area contributed by atoms with Gasteiger partial charge in [0.2, 0.25) is 0 Å². The van der Waals surface area contributed by atoms with Crippen molar-refractivity contribution in [1.29, 1.82) is 0 Å². The lowest BCUT2D eigenvalue weighted by molar-refractivity contribution is -0.139. The highest BCUT2D eigenvalue weighted by molar-refractivity contribution is 7.12. The number of methoxy groups -OCH3 is 1. The molecule has 0 saturated heterocycles. The third-order valence-electron chi connectivity index (χ3n) is 3.09. The summed E-state index contributed by atoms with van der Waals surface area (Å²) in [6.07, 6.45) is 1.33. The molecule has 7 heteroatoms. The van der Waals surface area contributed by atoms with Gasteiger partial charge >= 0.3 is 11.9 Å². The van der Waals surface area contributed by atoms with E-state index in [1.54, 1.807) is 30.5 Å². The van der Waals surface area contributed by atoms with Crippen LogP contribution in [0.15, 0.2) is 33.6 Å². The van der Waals surface area contributed by atoms with Crippen molar-refractivity contribution in [3.8, 4) is 11.3 Å². The average molecular weight is 348 g/mol. The SMILES string of the molecule is CCOC(=O)/C(=C/c1ccc(-c2ccsc2C(=O)OC)o1)C(C)=O. The van der Waals surface area contributed by atoms with E-state index in [0.717, 1.165) is 0 Å². The number of carbonyl (C=O) groups excluding carboxylic acids is 3. The molecule has 0 radical (unpaired) electrons. The minimum absolute atomic E-state index is 0.101. The molecule has 0 atom stereocenters. The number of thiophene rings is 1. The van der Waals surface area contributed by atoms with Crippen LogP contribution in [0, 0.1) is 0 Å². The first kappa shape index (κ1) is 17.7. The molecule has 2 aromatic rings. The summed E-state index contributed by atoms with van der Waals surface area (Å²) >= 11 is 1.24. The monoisotopic (exact) mass is 348 g/mol. The molecule has 2 heterocycles. The van der Waals surface area contributed by atoms with E-state index in [9.17, 15) is 14.4 Å². The van der Waals surface area contributed by atoms with Gasteiger partial charge in [-0.25, -0.2) is 9.59 Å². The Morgan fingerprint density at radius 1 is 1.25 bits per heavy atom. The minimum Gasteiger partial charge on any atom is -0.465 e. The van der Waals surface area contributed by atoms with E-state index in [0.29, 0.717) is 22.0 Å². The molecule has 0 N–H and O–H groups in total. The summed E-state index contributed by atoms with van der Waals surface area (Å²) in [7, 11) is 1.31. The zero-order chi connectivity index (χ0) is 17.7. The largest absolute Gasteiger partial charge is 0.465 e. The van der Waals surface area contributed by atoms with Crippen molar-refractivity contribution in [3.05, 3.63) is 39.8 Å². The van der Waals surface area contributed by atoms with E-state index in [1.807, 2.05) is 0 Å². The van der Waals surface area contributed by atoms with Crippen molar-refractivity contribution >= 4 is 35.1 Å². The van der Waals surface area contributed by atoms with Crippen LogP contribution < -0.4 is 0 Å². The quantitative estimate of drug-likeness (QED) is 0.345. The first-order chi connectivity index (χ1) is 11.5. The number of ketones is 1. The second-order valence-electron chi connectivity index (χ2n) is 4.69. The molecule has 0 aliphatic carbocycles. The molecule has 6 nitrogen and oxygen atoms in total. The van der Waals surface area contributed by atoms with Gasteiger partial charge in [0.15, 0.2) is 5.78 Å². The van der Waals surface area contributed by atoms with Crippen molar-refractivity contribution in [2.75, 3.05) is 13.7 Å². The Labute approximate surface area is 142 Å². The average Bonchev–Trinajstić information content (AvgIpc) is 3.20. The summed E-state index contributed by atoms with van der Waals surface area (Å²) < 4.78 is 15.2. The van der Waals surface area contributed by atoms with E-state index < -0.39 is 17.7 Å². The van der Waals surface area contributed by atoms with Gasteiger partial charge in [0.25, 0.3) is 0 Å². The van der Waals surface area contributed by atoms with Crippen LogP contribution in [0.1, 0.15) is 29.3 Å². The highest BCUT2D eigenvalue weighted by atomic mass is 32.1. The summed E-state index contributed by atoms with van der Waals surface area (Å²) in [4.78, 5) is 35.6. The summed E-state index contributed by atoms with van der Waals surface area (Å²) in [5, 5.41) is 1.75. The lowest BCUT2D eigenvalue weighted by atomic mass is 10.1. The zero-order valence-electron chi connectivity index (χ0n) is 13.5. The Balaban J connectivity index is 2.35. The van der Waals surface area contributed by atoms with Crippen LogP contribution in [0.4, 0.5) is 0 Å². The molecule has 126 valence electrons. The van der Waals surface area contributed by atoms with Gasteiger partial charge in [0, 0.05) is 5.56 Å². The normalized spacial score (nSPS) is 11.2. The number of Topliss-reactive ketones (excluding diaryl/α,β-unsaturated/α-hetero) is 1. The first-order valence-electron chi connectivity index (χ1n) is 7.13. The molecule has 0 amide bonds. The van der Waals surface area contributed by atoms with Crippen molar-refractivity contribution in [2.24, 2.45) is 0 Å². The van der Waals surface area contributed by atoms with Crippen LogP contribution in [-0.2, 0) is 19.1 Å². The Morgan fingerprint density at radius 3 is 2.62 bits per heavy atom. The van der Waals surface area contributed by atoms with E-state index in [1.165, 1.54) is 31.4 Å². The van der Waals surface area contributed by atoms with E-state index in [4.69, 9.17) is 13.9 Å². The molecule has 0 aliphatic heterocycles. The van der Waals surface area contributed by atoms with Gasteiger partial charge < -0.3 is 13.9 Å². The fraction of sp³-hybridized carbons (Fsp3) is 0.235. The van der Waals surface area contributed by atoms with Gasteiger partial charge in [-0.1, -0.05) is 0 Å². The van der Waals surface area contributed by atoms with Crippen LogP contribution >= 0.6 is 11.3 Å². The Morgan fingerprint density at radius 2 is 2.00 bits per heavy atom. The number of rotatable bonds is 6. The molecule has 0 bridgehead atoms. The number of furan rings is 1. The van der Waals surface area contributed by atoms with Gasteiger partial charge in [-0.15, -0.1) is 11.3 Å². The van der Waals surface area contributed by atoms with Crippen LogP contribution in [0.2, 0.25) is 0 Å². The summed E-state index contributed by atoms with van der Waals surface area (Å²) in [5.41, 5.74) is 0.489. The Bertz CT molecular complexity index is 796. The van der Waals surface area contributed by atoms with Crippen LogP contribution in [-0.4, -0.2) is 31.4 Å². The molecular formula is C17H16O6S. The van der Waals surface area contributed by atoms with Crippen LogP contribution in [0.25, 0.3) is 17.4 Å². The van der Waals surface area contributed by atoms with E-state index in [-0.39, 0.29) is 12.2 Å². The van der Waals surface area contributed by atoms with E-state index >= 15 is 0 Å². The summed E-state index contributed by atoms with van der Waals surface area (Å²) in [6.45, 7) is 3.11. The number of hydrogen-bond donors (Lipinski definition) is 0. The third kappa shape index (κ3) is 3.80. The maximum Gasteiger partial charge on any atom is 0.348 e. The summed E-state index contributed by atoms with van der Waals surface area (Å²) in [6, 6.07) is 5.00. The van der Waals surface area contributed by atoms with Gasteiger partial charge in [-0.3, -0.25) is 4.79 Å². The first-order valence-corrected chi connectivity index (χ1v) is 8.01. The molecule has 0 aliphatic rings. The molecule has 2 rings (SSSR count). The second-order valence-corrected chi connectivity index (χ2v) is 5.61. The minimum atomic E-state index is -0.700. The predicted octanol–water partition coefficient (Wildman–Crippen LogP) is 3.33. The molecule has 2 aromatic heterocycles. The summed E-state index contributed by atoms with van der Waals surface area (Å²) in [5.74, 6) is -0.824. The Kier molecular flexibility index (Phi) is 5.70. The Hall–Kier alpha value is -2.67. The third-order valence-corrected chi connectivity index (χ3v) is 3.98. The van der Waals surface area contributed by atoms with Crippen LogP contribution in [0.3, 0.4) is 0 Å². The fourth-order valence-electron chi connectivity index (χ4n) is 1.98. The molecule has 24 heavy (non-hydrogen) atoms. The standard InChI is InChI=1S/C17H16O6S/c1-4-22-16(19)13(10(2)18)9-11-5-6-14(23-11)12-7-8-24-15(12)17(20)21-3/h5-9H,4H2,1-3H3/b13-9+. The molecule has 0 unspecified atom stereocenters.